The van der Waals surface area contributed by atoms with E-state index >= 15 is 0 Å². The van der Waals surface area contributed by atoms with Crippen LogP contribution in [0.3, 0.4) is 0 Å². The number of rotatable bonds is 6. The number of benzene rings is 1. The molecule has 1 saturated heterocycles. The molecule has 0 bridgehead atoms. The summed E-state index contributed by atoms with van der Waals surface area (Å²) in [4.78, 5) is 23.3. The number of amides is 1. The summed E-state index contributed by atoms with van der Waals surface area (Å²) in [6.45, 7) is 5.93. The maximum absolute atomic E-state index is 12.1. The summed E-state index contributed by atoms with van der Waals surface area (Å²) >= 11 is 0. The molecule has 0 radical (unpaired) electrons. The predicted molar refractivity (Wildman–Crippen MR) is 104 cm³/mol. The average molecular weight is 370 g/mol. The summed E-state index contributed by atoms with van der Waals surface area (Å²) in [7, 11) is 1.60. The molecule has 2 heterocycles. The fourth-order valence-electron chi connectivity index (χ4n) is 3.12. The predicted octanol–water partition coefficient (Wildman–Crippen LogP) is 3.05. The van der Waals surface area contributed by atoms with E-state index in [1.807, 2.05) is 6.92 Å². The van der Waals surface area contributed by atoms with Crippen LogP contribution in [0.1, 0.15) is 25.5 Å². The Labute approximate surface area is 159 Å². The zero-order valence-electron chi connectivity index (χ0n) is 16.1. The van der Waals surface area contributed by atoms with Crippen LogP contribution in [0.2, 0.25) is 0 Å². The zero-order chi connectivity index (χ0) is 19.2. The number of anilines is 2. The molecular formula is C20H26N4O3. The number of piperidine rings is 1. The Kier molecular flexibility index (Phi) is 6.11. The van der Waals surface area contributed by atoms with E-state index in [2.05, 4.69) is 27.1 Å². The Morgan fingerprint density at radius 3 is 2.78 bits per heavy atom. The van der Waals surface area contributed by atoms with E-state index in [9.17, 15) is 4.79 Å². The molecule has 1 aromatic heterocycles. The van der Waals surface area contributed by atoms with Gasteiger partial charge in [0.15, 0.2) is 6.61 Å². The van der Waals surface area contributed by atoms with Gasteiger partial charge in [-0.05, 0) is 49.9 Å². The molecule has 7 heteroatoms. The lowest BCUT2D eigenvalue weighted by atomic mass is 10.0. The summed E-state index contributed by atoms with van der Waals surface area (Å²) in [5.41, 5.74) is 1.51. The smallest absolute Gasteiger partial charge is 0.262 e. The normalized spacial score (nSPS) is 16.7. The number of hydrogen-bond donors (Lipinski definition) is 1. The van der Waals surface area contributed by atoms with Crippen LogP contribution < -0.4 is 19.7 Å². The van der Waals surface area contributed by atoms with Crippen LogP contribution in [0, 0.1) is 12.8 Å². The average Bonchev–Trinajstić information content (AvgIpc) is 2.66. The van der Waals surface area contributed by atoms with Gasteiger partial charge >= 0.3 is 0 Å². The summed E-state index contributed by atoms with van der Waals surface area (Å²) in [5, 5.41) is 2.79. The Morgan fingerprint density at radius 1 is 1.30 bits per heavy atom. The Bertz CT molecular complexity index is 779. The molecule has 1 N–H and O–H groups in total. The first kappa shape index (κ1) is 18.9. The lowest BCUT2D eigenvalue weighted by Gasteiger charge is -2.31. The Hall–Kier alpha value is -2.83. The monoisotopic (exact) mass is 370 g/mol. The summed E-state index contributed by atoms with van der Waals surface area (Å²) in [6, 6.07) is 8.88. The molecule has 1 aliphatic rings. The van der Waals surface area contributed by atoms with E-state index in [1.165, 1.54) is 6.42 Å². The minimum Gasteiger partial charge on any atom is -0.497 e. The topological polar surface area (TPSA) is 76.6 Å². The number of hydrogen-bond acceptors (Lipinski definition) is 6. The van der Waals surface area contributed by atoms with Crippen molar-refractivity contribution in [3.63, 3.8) is 0 Å². The van der Waals surface area contributed by atoms with Crippen LogP contribution in [-0.2, 0) is 4.79 Å². The second kappa shape index (κ2) is 8.70. The highest BCUT2D eigenvalue weighted by atomic mass is 16.5. The number of aryl methyl sites for hydroxylation is 1. The van der Waals surface area contributed by atoms with Gasteiger partial charge in [-0.3, -0.25) is 4.79 Å². The van der Waals surface area contributed by atoms with Crippen molar-refractivity contribution in [2.75, 3.05) is 37.0 Å². The number of nitrogens with zero attached hydrogens (tertiary/aromatic N) is 3. The lowest BCUT2D eigenvalue weighted by Crippen LogP contribution is -2.35. The van der Waals surface area contributed by atoms with Crippen molar-refractivity contribution in [1.82, 2.24) is 9.97 Å². The Morgan fingerprint density at radius 2 is 2.07 bits per heavy atom. The third-order valence-electron chi connectivity index (χ3n) is 4.48. The zero-order valence-corrected chi connectivity index (χ0v) is 16.1. The first-order chi connectivity index (χ1) is 13.0. The fourth-order valence-corrected chi connectivity index (χ4v) is 3.12. The number of ether oxygens (including phenoxy) is 2. The van der Waals surface area contributed by atoms with Gasteiger partial charge in [-0.1, -0.05) is 6.92 Å². The highest BCUT2D eigenvalue weighted by Crippen LogP contribution is 2.22. The van der Waals surface area contributed by atoms with Crippen molar-refractivity contribution in [3.05, 3.63) is 36.0 Å². The molecule has 1 fully saturated rings. The summed E-state index contributed by atoms with van der Waals surface area (Å²) < 4.78 is 10.7. The van der Waals surface area contributed by atoms with Gasteiger partial charge in [-0.15, -0.1) is 0 Å². The highest BCUT2D eigenvalue weighted by molar-refractivity contribution is 5.91. The summed E-state index contributed by atoms with van der Waals surface area (Å²) in [6.07, 6.45) is 2.37. The van der Waals surface area contributed by atoms with E-state index in [1.54, 1.807) is 37.4 Å². The van der Waals surface area contributed by atoms with Crippen molar-refractivity contribution >= 4 is 17.5 Å². The van der Waals surface area contributed by atoms with Gasteiger partial charge in [-0.25, -0.2) is 4.98 Å². The molecule has 0 saturated carbocycles. The molecule has 144 valence electrons. The van der Waals surface area contributed by atoms with Crippen LogP contribution in [0.25, 0.3) is 0 Å². The number of carbonyl (C=O) groups excluding carboxylic acids is 1. The highest BCUT2D eigenvalue weighted by Gasteiger charge is 2.19. The van der Waals surface area contributed by atoms with Crippen LogP contribution >= 0.6 is 0 Å². The molecule has 7 nitrogen and oxygen atoms in total. The maximum atomic E-state index is 12.1. The first-order valence-corrected chi connectivity index (χ1v) is 9.21. The molecule has 0 spiro atoms. The minimum atomic E-state index is -0.246. The SMILES string of the molecule is COc1ccc(NC(=O)COc2cc(C)nc(N3CCC[C@@H](C)C3)n2)cc1. The number of carbonyl (C=O) groups is 1. The van der Waals surface area contributed by atoms with Crippen molar-refractivity contribution in [2.45, 2.75) is 26.7 Å². The molecule has 27 heavy (non-hydrogen) atoms. The standard InChI is InChI=1S/C20H26N4O3/c1-14-5-4-10-24(12-14)20-21-15(2)11-19(23-20)27-13-18(25)22-16-6-8-17(26-3)9-7-16/h6-9,11,14H,4-5,10,12-13H2,1-3H3,(H,22,25)/t14-/m1/s1. The van der Waals surface area contributed by atoms with Gasteiger partial charge in [0.05, 0.1) is 7.11 Å². The van der Waals surface area contributed by atoms with E-state index in [-0.39, 0.29) is 12.5 Å². The van der Waals surface area contributed by atoms with Crippen molar-refractivity contribution in [1.29, 1.82) is 0 Å². The minimum absolute atomic E-state index is 0.113. The Balaban J connectivity index is 1.59. The van der Waals surface area contributed by atoms with Gasteiger partial charge in [0.25, 0.3) is 5.91 Å². The number of methoxy groups -OCH3 is 1. The second-order valence-corrected chi connectivity index (χ2v) is 6.91. The lowest BCUT2D eigenvalue weighted by molar-refractivity contribution is -0.118. The van der Waals surface area contributed by atoms with Crippen LogP contribution in [0.4, 0.5) is 11.6 Å². The molecule has 2 aromatic rings. The molecule has 0 aliphatic carbocycles. The number of nitrogens with one attached hydrogen (secondary N) is 1. The van der Waals surface area contributed by atoms with Crippen molar-refractivity contribution in [2.24, 2.45) is 5.92 Å². The third kappa shape index (κ3) is 5.32. The van der Waals surface area contributed by atoms with Crippen molar-refractivity contribution < 1.29 is 14.3 Å². The fraction of sp³-hybridized carbons (Fsp3) is 0.450. The number of aromatic nitrogens is 2. The van der Waals surface area contributed by atoms with Crippen molar-refractivity contribution in [3.8, 4) is 11.6 Å². The largest absolute Gasteiger partial charge is 0.497 e. The molecule has 3 rings (SSSR count). The van der Waals surface area contributed by atoms with E-state index in [4.69, 9.17) is 9.47 Å². The van der Waals surface area contributed by atoms with Gasteiger partial charge in [0.2, 0.25) is 11.8 Å². The molecular weight excluding hydrogens is 344 g/mol. The molecule has 0 unspecified atom stereocenters. The molecule has 1 amide bonds. The van der Waals surface area contributed by atoms with Crippen LogP contribution in [0.5, 0.6) is 11.6 Å². The molecule has 1 atom stereocenters. The quantitative estimate of drug-likeness (QED) is 0.842. The van der Waals surface area contributed by atoms with E-state index < -0.39 is 0 Å². The molecule has 1 aromatic carbocycles. The van der Waals surface area contributed by atoms with Crippen LogP contribution in [-0.4, -0.2) is 42.7 Å². The second-order valence-electron chi connectivity index (χ2n) is 6.91. The van der Waals surface area contributed by atoms with Gasteiger partial charge in [-0.2, -0.15) is 4.98 Å². The molecule has 1 aliphatic heterocycles. The van der Waals surface area contributed by atoms with Gasteiger partial charge in [0, 0.05) is 30.5 Å². The van der Waals surface area contributed by atoms with Crippen LogP contribution in [0.15, 0.2) is 30.3 Å². The third-order valence-corrected chi connectivity index (χ3v) is 4.48. The first-order valence-electron chi connectivity index (χ1n) is 9.21. The van der Waals surface area contributed by atoms with E-state index in [0.717, 1.165) is 31.0 Å². The van der Waals surface area contributed by atoms with Gasteiger partial charge < -0.3 is 19.7 Å². The van der Waals surface area contributed by atoms with E-state index in [0.29, 0.717) is 23.4 Å². The summed E-state index contributed by atoms with van der Waals surface area (Å²) in [5.74, 6) is 2.21. The maximum Gasteiger partial charge on any atom is 0.262 e. The van der Waals surface area contributed by atoms with Gasteiger partial charge in [0.1, 0.15) is 5.75 Å².